The molecular formula is C13H16N2OS. The van der Waals surface area contributed by atoms with Crippen LogP contribution in [0.25, 0.3) is 10.6 Å². The molecule has 1 aromatic carbocycles. The highest BCUT2D eigenvalue weighted by atomic mass is 32.1. The van der Waals surface area contributed by atoms with E-state index >= 15 is 0 Å². The van der Waals surface area contributed by atoms with E-state index in [1.165, 1.54) is 10.4 Å². The second-order valence-corrected chi connectivity index (χ2v) is 4.98. The molecule has 0 amide bonds. The van der Waals surface area contributed by atoms with Gasteiger partial charge in [0.1, 0.15) is 10.8 Å². The summed E-state index contributed by atoms with van der Waals surface area (Å²) >= 11 is 1.69. The Morgan fingerprint density at radius 2 is 2.24 bits per heavy atom. The summed E-state index contributed by atoms with van der Waals surface area (Å²) in [6, 6.07) is 6.18. The number of rotatable bonds is 4. The van der Waals surface area contributed by atoms with Crippen molar-refractivity contribution in [2.45, 2.75) is 13.5 Å². The minimum atomic E-state index is 0.853. The number of nitrogens with zero attached hydrogens (tertiary/aromatic N) is 1. The van der Waals surface area contributed by atoms with E-state index in [4.69, 9.17) is 4.74 Å². The number of thiazole rings is 1. The Kier molecular flexibility index (Phi) is 3.76. The van der Waals surface area contributed by atoms with Gasteiger partial charge in [-0.15, -0.1) is 11.3 Å². The first-order chi connectivity index (χ1) is 8.24. The number of aryl methyl sites for hydroxylation is 1. The summed E-state index contributed by atoms with van der Waals surface area (Å²) < 4.78 is 5.40. The van der Waals surface area contributed by atoms with Crippen LogP contribution in [0.2, 0.25) is 0 Å². The molecule has 17 heavy (non-hydrogen) atoms. The molecule has 0 aliphatic rings. The minimum absolute atomic E-state index is 0.853. The standard InChI is InChI=1S/C13H16N2OS/c1-9-4-5-11(12(6-9)16-3)13-15-8-10(17-13)7-14-2/h4-6,8,14H,7H2,1-3H3. The molecule has 2 aromatic rings. The zero-order valence-electron chi connectivity index (χ0n) is 10.3. The fourth-order valence-corrected chi connectivity index (χ4v) is 2.62. The Labute approximate surface area is 105 Å². The van der Waals surface area contributed by atoms with E-state index in [0.717, 1.165) is 22.9 Å². The predicted octanol–water partition coefficient (Wildman–Crippen LogP) is 2.85. The maximum Gasteiger partial charge on any atom is 0.129 e. The van der Waals surface area contributed by atoms with Gasteiger partial charge in [0.25, 0.3) is 0 Å². The Morgan fingerprint density at radius 1 is 1.41 bits per heavy atom. The smallest absolute Gasteiger partial charge is 0.129 e. The molecule has 0 atom stereocenters. The first kappa shape index (κ1) is 12.1. The lowest BCUT2D eigenvalue weighted by Crippen LogP contribution is -2.02. The molecule has 1 heterocycles. The van der Waals surface area contributed by atoms with Gasteiger partial charge in [-0.25, -0.2) is 4.98 Å². The SMILES string of the molecule is CNCc1cnc(-c2ccc(C)cc2OC)s1. The second kappa shape index (κ2) is 5.29. The molecular weight excluding hydrogens is 232 g/mol. The minimum Gasteiger partial charge on any atom is -0.496 e. The number of ether oxygens (including phenoxy) is 1. The van der Waals surface area contributed by atoms with Crippen LogP contribution in [0.15, 0.2) is 24.4 Å². The van der Waals surface area contributed by atoms with Crippen LogP contribution in [0.4, 0.5) is 0 Å². The third kappa shape index (κ3) is 2.65. The van der Waals surface area contributed by atoms with Crippen LogP contribution in [0.5, 0.6) is 5.75 Å². The summed E-state index contributed by atoms with van der Waals surface area (Å²) in [7, 11) is 3.63. The van der Waals surface area contributed by atoms with E-state index in [9.17, 15) is 0 Å². The maximum absolute atomic E-state index is 5.40. The average molecular weight is 248 g/mol. The number of methoxy groups -OCH3 is 1. The van der Waals surface area contributed by atoms with Crippen molar-refractivity contribution in [3.63, 3.8) is 0 Å². The number of aromatic nitrogens is 1. The first-order valence-corrected chi connectivity index (χ1v) is 6.30. The van der Waals surface area contributed by atoms with Crippen molar-refractivity contribution in [2.24, 2.45) is 0 Å². The quantitative estimate of drug-likeness (QED) is 0.903. The van der Waals surface area contributed by atoms with Gasteiger partial charge in [0, 0.05) is 17.6 Å². The molecule has 0 radical (unpaired) electrons. The van der Waals surface area contributed by atoms with Gasteiger partial charge in [-0.05, 0) is 31.7 Å². The monoisotopic (exact) mass is 248 g/mol. The molecule has 0 aliphatic heterocycles. The zero-order valence-corrected chi connectivity index (χ0v) is 11.1. The lowest BCUT2D eigenvalue weighted by Gasteiger charge is -2.06. The van der Waals surface area contributed by atoms with Crippen LogP contribution in [0.3, 0.4) is 0 Å². The molecule has 0 unspecified atom stereocenters. The molecule has 0 bridgehead atoms. The third-order valence-electron chi connectivity index (χ3n) is 2.49. The van der Waals surface area contributed by atoms with Crippen LogP contribution in [0.1, 0.15) is 10.4 Å². The summed E-state index contributed by atoms with van der Waals surface area (Å²) in [4.78, 5) is 5.67. The lowest BCUT2D eigenvalue weighted by molar-refractivity contribution is 0.416. The highest BCUT2D eigenvalue weighted by molar-refractivity contribution is 7.15. The number of nitrogens with one attached hydrogen (secondary N) is 1. The summed E-state index contributed by atoms with van der Waals surface area (Å²) in [6.45, 7) is 2.91. The van der Waals surface area contributed by atoms with Gasteiger partial charge in [-0.1, -0.05) is 6.07 Å². The van der Waals surface area contributed by atoms with Gasteiger partial charge in [0.05, 0.1) is 12.7 Å². The number of benzene rings is 1. The van der Waals surface area contributed by atoms with Crippen molar-refractivity contribution in [3.8, 4) is 16.3 Å². The van der Waals surface area contributed by atoms with E-state index in [2.05, 4.69) is 29.4 Å². The van der Waals surface area contributed by atoms with Crippen LogP contribution in [-0.2, 0) is 6.54 Å². The molecule has 1 aromatic heterocycles. The predicted molar refractivity (Wildman–Crippen MR) is 71.6 cm³/mol. The van der Waals surface area contributed by atoms with Crippen molar-refractivity contribution >= 4 is 11.3 Å². The van der Waals surface area contributed by atoms with Crippen molar-refractivity contribution in [1.29, 1.82) is 0 Å². The third-order valence-corrected chi connectivity index (χ3v) is 3.52. The molecule has 0 saturated carbocycles. The summed E-state index contributed by atoms with van der Waals surface area (Å²) in [6.07, 6.45) is 1.91. The van der Waals surface area contributed by atoms with Gasteiger partial charge < -0.3 is 10.1 Å². The normalized spacial score (nSPS) is 10.5. The van der Waals surface area contributed by atoms with E-state index in [0.29, 0.717) is 0 Å². The molecule has 0 saturated heterocycles. The van der Waals surface area contributed by atoms with Gasteiger partial charge in [0.15, 0.2) is 0 Å². The number of hydrogen-bond donors (Lipinski definition) is 1. The Hall–Kier alpha value is -1.39. The summed E-state index contributed by atoms with van der Waals surface area (Å²) in [5.74, 6) is 0.885. The van der Waals surface area contributed by atoms with Gasteiger partial charge >= 0.3 is 0 Å². The molecule has 90 valence electrons. The van der Waals surface area contributed by atoms with Crippen molar-refractivity contribution < 1.29 is 4.74 Å². The number of hydrogen-bond acceptors (Lipinski definition) is 4. The summed E-state index contributed by atoms with van der Waals surface area (Å²) in [5.41, 5.74) is 2.25. The molecule has 0 spiro atoms. The highest BCUT2D eigenvalue weighted by Crippen LogP contribution is 2.33. The molecule has 1 N–H and O–H groups in total. The van der Waals surface area contributed by atoms with E-state index < -0.39 is 0 Å². The maximum atomic E-state index is 5.40. The Balaban J connectivity index is 2.37. The first-order valence-electron chi connectivity index (χ1n) is 5.49. The molecule has 0 aliphatic carbocycles. The fourth-order valence-electron chi connectivity index (χ4n) is 1.66. The lowest BCUT2D eigenvalue weighted by atomic mass is 10.1. The Bertz CT molecular complexity index is 508. The van der Waals surface area contributed by atoms with Gasteiger partial charge in [-0.3, -0.25) is 0 Å². The fraction of sp³-hybridized carbons (Fsp3) is 0.308. The zero-order chi connectivity index (χ0) is 12.3. The molecule has 3 nitrogen and oxygen atoms in total. The van der Waals surface area contributed by atoms with Crippen LogP contribution in [-0.4, -0.2) is 19.1 Å². The van der Waals surface area contributed by atoms with Crippen molar-refractivity contribution in [1.82, 2.24) is 10.3 Å². The van der Waals surface area contributed by atoms with E-state index in [-0.39, 0.29) is 0 Å². The average Bonchev–Trinajstić information content (AvgIpc) is 2.78. The highest BCUT2D eigenvalue weighted by Gasteiger charge is 2.10. The second-order valence-electron chi connectivity index (χ2n) is 3.87. The molecule has 4 heteroatoms. The van der Waals surface area contributed by atoms with Crippen LogP contribution in [0, 0.1) is 6.92 Å². The van der Waals surface area contributed by atoms with Crippen LogP contribution < -0.4 is 10.1 Å². The molecule has 0 fully saturated rings. The van der Waals surface area contributed by atoms with Crippen molar-refractivity contribution in [3.05, 3.63) is 34.8 Å². The van der Waals surface area contributed by atoms with E-state index in [1.807, 2.05) is 19.3 Å². The van der Waals surface area contributed by atoms with Gasteiger partial charge in [-0.2, -0.15) is 0 Å². The topological polar surface area (TPSA) is 34.2 Å². The van der Waals surface area contributed by atoms with Gasteiger partial charge in [0.2, 0.25) is 0 Å². The Morgan fingerprint density at radius 3 is 2.94 bits per heavy atom. The van der Waals surface area contributed by atoms with Crippen molar-refractivity contribution in [2.75, 3.05) is 14.2 Å². The molecule has 2 rings (SSSR count). The largest absolute Gasteiger partial charge is 0.496 e. The van der Waals surface area contributed by atoms with E-state index in [1.54, 1.807) is 18.4 Å². The van der Waals surface area contributed by atoms with Crippen LogP contribution >= 0.6 is 11.3 Å². The summed E-state index contributed by atoms with van der Waals surface area (Å²) in [5, 5.41) is 4.13.